The fourth-order valence-electron chi connectivity index (χ4n) is 2.65. The third kappa shape index (κ3) is 5.23. The Labute approximate surface area is 118 Å². The van der Waals surface area contributed by atoms with Crippen molar-refractivity contribution in [3.63, 3.8) is 0 Å². The largest absolute Gasteiger partial charge is 0.494 e. The van der Waals surface area contributed by atoms with Crippen molar-refractivity contribution in [3.8, 4) is 5.75 Å². The van der Waals surface area contributed by atoms with Gasteiger partial charge < -0.3 is 10.5 Å². The van der Waals surface area contributed by atoms with Crippen LogP contribution >= 0.6 is 0 Å². The van der Waals surface area contributed by atoms with Gasteiger partial charge in [0.05, 0.1) is 6.61 Å². The molecule has 0 fully saturated rings. The summed E-state index contributed by atoms with van der Waals surface area (Å²) in [5.74, 6) is 0.990. The first-order valence-corrected chi connectivity index (χ1v) is 7.57. The average molecular weight is 263 g/mol. The van der Waals surface area contributed by atoms with Crippen LogP contribution in [0.4, 0.5) is 0 Å². The highest BCUT2D eigenvalue weighted by Crippen LogP contribution is 2.23. The third-order valence-corrected chi connectivity index (χ3v) is 3.64. The van der Waals surface area contributed by atoms with Gasteiger partial charge in [-0.1, -0.05) is 13.3 Å². The van der Waals surface area contributed by atoms with Crippen molar-refractivity contribution in [2.75, 3.05) is 6.61 Å². The number of aryl methyl sites for hydroxylation is 2. The Morgan fingerprint density at radius 2 is 1.74 bits per heavy atom. The minimum atomic E-state index is 0.369. The number of rotatable bonds is 8. The first-order valence-electron chi connectivity index (χ1n) is 7.57. The number of hydrogen-bond acceptors (Lipinski definition) is 2. The minimum Gasteiger partial charge on any atom is -0.494 e. The van der Waals surface area contributed by atoms with E-state index in [1.54, 1.807) is 0 Å². The first kappa shape index (κ1) is 16.0. The van der Waals surface area contributed by atoms with Crippen LogP contribution in [-0.2, 0) is 6.42 Å². The standard InChI is InChI=1S/C17H29NO/c1-5-8-15(18)9-7-10-17-13(3)11-16(19-6-2)12-14(17)4/h11-12,15H,5-10,18H2,1-4H3. The molecule has 0 aromatic heterocycles. The highest BCUT2D eigenvalue weighted by molar-refractivity contribution is 5.41. The van der Waals surface area contributed by atoms with E-state index in [2.05, 4.69) is 32.9 Å². The van der Waals surface area contributed by atoms with Gasteiger partial charge in [-0.3, -0.25) is 0 Å². The highest BCUT2D eigenvalue weighted by Gasteiger charge is 2.07. The quantitative estimate of drug-likeness (QED) is 0.764. The van der Waals surface area contributed by atoms with Gasteiger partial charge in [0.15, 0.2) is 0 Å². The van der Waals surface area contributed by atoms with Crippen LogP contribution in [0.1, 0.15) is 56.2 Å². The van der Waals surface area contributed by atoms with Crippen LogP contribution in [0.2, 0.25) is 0 Å². The van der Waals surface area contributed by atoms with Crippen molar-refractivity contribution in [1.29, 1.82) is 0 Å². The van der Waals surface area contributed by atoms with E-state index in [-0.39, 0.29) is 0 Å². The summed E-state index contributed by atoms with van der Waals surface area (Å²) in [7, 11) is 0. The molecule has 0 aliphatic heterocycles. The lowest BCUT2D eigenvalue weighted by Gasteiger charge is -2.14. The molecule has 2 N–H and O–H groups in total. The molecule has 0 amide bonds. The maximum atomic E-state index is 6.07. The second-order valence-electron chi connectivity index (χ2n) is 5.41. The molecule has 0 aliphatic carbocycles. The normalized spacial score (nSPS) is 12.5. The zero-order chi connectivity index (χ0) is 14.3. The molecule has 0 aliphatic rings. The molecule has 0 saturated heterocycles. The number of hydrogen-bond donors (Lipinski definition) is 1. The smallest absolute Gasteiger partial charge is 0.119 e. The Hall–Kier alpha value is -1.02. The topological polar surface area (TPSA) is 35.2 Å². The van der Waals surface area contributed by atoms with E-state index in [1.807, 2.05) is 6.92 Å². The predicted octanol–water partition coefficient (Wildman–Crippen LogP) is 4.15. The maximum Gasteiger partial charge on any atom is 0.119 e. The predicted molar refractivity (Wildman–Crippen MR) is 82.9 cm³/mol. The molecule has 1 atom stereocenters. The Morgan fingerprint density at radius 1 is 1.11 bits per heavy atom. The SMILES string of the molecule is CCCC(N)CCCc1c(C)cc(OCC)cc1C. The summed E-state index contributed by atoms with van der Waals surface area (Å²) < 4.78 is 5.58. The Balaban J connectivity index is 2.58. The maximum absolute atomic E-state index is 6.07. The molecule has 0 bridgehead atoms. The number of nitrogens with two attached hydrogens (primary N) is 1. The van der Waals surface area contributed by atoms with E-state index in [4.69, 9.17) is 10.5 Å². The molecular formula is C17H29NO. The van der Waals surface area contributed by atoms with Crippen molar-refractivity contribution in [1.82, 2.24) is 0 Å². The third-order valence-electron chi connectivity index (χ3n) is 3.64. The Kier molecular flexibility index (Phi) is 6.93. The lowest BCUT2D eigenvalue weighted by Crippen LogP contribution is -2.19. The van der Waals surface area contributed by atoms with E-state index in [9.17, 15) is 0 Å². The highest BCUT2D eigenvalue weighted by atomic mass is 16.5. The molecule has 19 heavy (non-hydrogen) atoms. The first-order chi connectivity index (χ1) is 9.08. The van der Waals surface area contributed by atoms with Gasteiger partial charge >= 0.3 is 0 Å². The van der Waals surface area contributed by atoms with E-state index >= 15 is 0 Å². The Bertz CT molecular complexity index is 364. The minimum absolute atomic E-state index is 0.369. The monoisotopic (exact) mass is 263 g/mol. The van der Waals surface area contributed by atoms with Crippen molar-refractivity contribution in [2.45, 2.75) is 65.8 Å². The van der Waals surface area contributed by atoms with Gasteiger partial charge in [0.1, 0.15) is 5.75 Å². The molecule has 0 spiro atoms. The van der Waals surface area contributed by atoms with Crippen LogP contribution in [0.15, 0.2) is 12.1 Å². The lowest BCUT2D eigenvalue weighted by atomic mass is 9.95. The summed E-state index contributed by atoms with van der Waals surface area (Å²) >= 11 is 0. The lowest BCUT2D eigenvalue weighted by molar-refractivity contribution is 0.339. The summed E-state index contributed by atoms with van der Waals surface area (Å²) in [5, 5.41) is 0. The average Bonchev–Trinajstić information content (AvgIpc) is 2.33. The second-order valence-corrected chi connectivity index (χ2v) is 5.41. The van der Waals surface area contributed by atoms with Crippen molar-refractivity contribution in [3.05, 3.63) is 28.8 Å². The summed E-state index contributed by atoms with van der Waals surface area (Å²) in [6.07, 6.45) is 5.75. The molecule has 0 radical (unpaired) electrons. The van der Waals surface area contributed by atoms with Crippen LogP contribution in [0, 0.1) is 13.8 Å². The van der Waals surface area contributed by atoms with Gasteiger partial charge in [0.2, 0.25) is 0 Å². The Morgan fingerprint density at radius 3 is 2.26 bits per heavy atom. The second kappa shape index (κ2) is 8.21. The van der Waals surface area contributed by atoms with Crippen molar-refractivity contribution >= 4 is 0 Å². The van der Waals surface area contributed by atoms with E-state index in [0.717, 1.165) is 31.6 Å². The van der Waals surface area contributed by atoms with Crippen LogP contribution in [0.25, 0.3) is 0 Å². The van der Waals surface area contributed by atoms with Crippen LogP contribution in [-0.4, -0.2) is 12.6 Å². The molecule has 2 heteroatoms. The molecule has 0 heterocycles. The summed E-state index contributed by atoms with van der Waals surface area (Å²) in [4.78, 5) is 0. The number of ether oxygens (including phenoxy) is 1. The van der Waals surface area contributed by atoms with Gasteiger partial charge in [-0.25, -0.2) is 0 Å². The zero-order valence-corrected chi connectivity index (χ0v) is 13.0. The van der Waals surface area contributed by atoms with Gasteiger partial charge in [-0.2, -0.15) is 0 Å². The van der Waals surface area contributed by atoms with Gasteiger partial charge in [0.25, 0.3) is 0 Å². The van der Waals surface area contributed by atoms with Crippen LogP contribution in [0.5, 0.6) is 5.75 Å². The molecule has 0 saturated carbocycles. The molecule has 1 rings (SSSR count). The summed E-state index contributed by atoms with van der Waals surface area (Å²) in [5.41, 5.74) is 10.2. The molecular weight excluding hydrogens is 234 g/mol. The summed E-state index contributed by atoms with van der Waals surface area (Å²) in [6.45, 7) is 9.30. The summed E-state index contributed by atoms with van der Waals surface area (Å²) in [6, 6.07) is 4.67. The van der Waals surface area contributed by atoms with Crippen LogP contribution in [0.3, 0.4) is 0 Å². The van der Waals surface area contributed by atoms with Gasteiger partial charge in [-0.05, 0) is 75.3 Å². The molecule has 2 nitrogen and oxygen atoms in total. The van der Waals surface area contributed by atoms with E-state index < -0.39 is 0 Å². The zero-order valence-electron chi connectivity index (χ0n) is 13.0. The fourth-order valence-corrected chi connectivity index (χ4v) is 2.65. The van der Waals surface area contributed by atoms with Crippen molar-refractivity contribution < 1.29 is 4.74 Å². The molecule has 1 aromatic rings. The van der Waals surface area contributed by atoms with Crippen LogP contribution < -0.4 is 10.5 Å². The van der Waals surface area contributed by atoms with E-state index in [0.29, 0.717) is 6.04 Å². The fraction of sp³-hybridized carbons (Fsp3) is 0.647. The number of benzene rings is 1. The van der Waals surface area contributed by atoms with Gasteiger partial charge in [0, 0.05) is 6.04 Å². The molecule has 108 valence electrons. The van der Waals surface area contributed by atoms with Crippen molar-refractivity contribution in [2.24, 2.45) is 5.73 Å². The van der Waals surface area contributed by atoms with Gasteiger partial charge in [-0.15, -0.1) is 0 Å². The van der Waals surface area contributed by atoms with E-state index in [1.165, 1.54) is 29.5 Å². The molecule has 1 aromatic carbocycles. The molecule has 1 unspecified atom stereocenters.